The minimum Gasteiger partial charge on any atom is -0.493 e. The van der Waals surface area contributed by atoms with Crippen LogP contribution in [-0.4, -0.2) is 36.8 Å². The molecule has 0 saturated carbocycles. The van der Waals surface area contributed by atoms with Crippen molar-refractivity contribution in [2.45, 2.75) is 0 Å². The van der Waals surface area contributed by atoms with Crippen molar-refractivity contribution in [2.24, 2.45) is 0 Å². The van der Waals surface area contributed by atoms with Crippen LogP contribution in [0.1, 0.15) is 16.8 Å². The van der Waals surface area contributed by atoms with E-state index in [0.717, 1.165) is 15.8 Å². The second kappa shape index (κ2) is 10.7. The molecule has 0 unspecified atom stereocenters. The monoisotopic (exact) mass is 509 g/mol. The molecule has 0 radical (unpaired) electrons. The van der Waals surface area contributed by atoms with Gasteiger partial charge in [0, 0.05) is 12.7 Å². The lowest BCUT2D eigenvalue weighted by molar-refractivity contribution is 0.144. The Bertz CT molecular complexity index is 1710. The van der Waals surface area contributed by atoms with Crippen molar-refractivity contribution in [2.75, 3.05) is 27.4 Å². The van der Waals surface area contributed by atoms with Crippen LogP contribution in [0.2, 0.25) is 0 Å². The standard InChI is InChI=1S/C29H23N3O4S/c1-34-16-17-36-27-21(6-5-8-24(27)35-2)14-15-22-26(20-12-10-19(18-30)11-13-20)28(33)32-23-7-3-4-9-25(23)37-29(32)31-22/h3-15H,16-17H2,1-2H3/b15-14+. The van der Waals surface area contributed by atoms with E-state index in [1.165, 1.54) is 11.3 Å². The molecule has 0 N–H and O–H groups in total. The molecule has 8 heteroatoms. The number of ether oxygens (including phenoxy) is 3. The molecule has 2 aromatic heterocycles. The molecule has 7 nitrogen and oxygen atoms in total. The zero-order valence-corrected chi connectivity index (χ0v) is 21.1. The van der Waals surface area contributed by atoms with Crippen LogP contribution in [0.3, 0.4) is 0 Å². The first kappa shape index (κ1) is 24.3. The topological polar surface area (TPSA) is 85.9 Å². The summed E-state index contributed by atoms with van der Waals surface area (Å²) in [4.78, 5) is 19.4. The van der Waals surface area contributed by atoms with E-state index >= 15 is 0 Å². The normalized spacial score (nSPS) is 11.3. The summed E-state index contributed by atoms with van der Waals surface area (Å²) in [7, 11) is 3.21. The Balaban J connectivity index is 1.70. The van der Waals surface area contributed by atoms with Crippen LogP contribution in [-0.2, 0) is 4.74 Å². The lowest BCUT2D eigenvalue weighted by Crippen LogP contribution is -2.17. The number of nitrogens with zero attached hydrogens (tertiary/aromatic N) is 3. The van der Waals surface area contributed by atoms with Gasteiger partial charge in [-0.15, -0.1) is 0 Å². The fourth-order valence-corrected chi connectivity index (χ4v) is 5.13. The third-order valence-corrected chi connectivity index (χ3v) is 6.90. The molecule has 0 bridgehead atoms. The summed E-state index contributed by atoms with van der Waals surface area (Å²) in [6.07, 6.45) is 3.68. The highest BCUT2D eigenvalue weighted by Crippen LogP contribution is 2.33. The maximum atomic E-state index is 13.9. The Kier molecular flexibility index (Phi) is 6.99. The van der Waals surface area contributed by atoms with Gasteiger partial charge in [-0.3, -0.25) is 9.20 Å². The number of hydrogen-bond donors (Lipinski definition) is 0. The molecular formula is C29H23N3O4S. The molecule has 0 amide bonds. The minimum atomic E-state index is -0.172. The van der Waals surface area contributed by atoms with E-state index in [1.54, 1.807) is 42.9 Å². The molecule has 184 valence electrons. The molecule has 0 aliphatic heterocycles. The molecule has 0 aliphatic carbocycles. The number of rotatable bonds is 8. The summed E-state index contributed by atoms with van der Waals surface area (Å²) in [5, 5.41) is 9.23. The molecule has 3 aromatic carbocycles. The number of thiazole rings is 1. The molecule has 2 heterocycles. The largest absolute Gasteiger partial charge is 0.493 e. The van der Waals surface area contributed by atoms with E-state index in [-0.39, 0.29) is 5.56 Å². The maximum absolute atomic E-state index is 13.9. The molecule has 0 saturated heterocycles. The van der Waals surface area contributed by atoms with Gasteiger partial charge < -0.3 is 14.2 Å². The number of nitriles is 1. The van der Waals surface area contributed by atoms with E-state index in [4.69, 9.17) is 19.2 Å². The van der Waals surface area contributed by atoms with Crippen LogP contribution in [0.4, 0.5) is 0 Å². The third-order valence-electron chi connectivity index (χ3n) is 5.87. The second-order valence-corrected chi connectivity index (χ2v) is 9.12. The highest BCUT2D eigenvalue weighted by atomic mass is 32.1. The van der Waals surface area contributed by atoms with Crippen LogP contribution in [0.15, 0.2) is 71.5 Å². The molecule has 0 aliphatic rings. The van der Waals surface area contributed by atoms with Gasteiger partial charge in [0.1, 0.15) is 6.61 Å². The Morgan fingerprint density at radius 1 is 1.00 bits per heavy atom. The average molecular weight is 510 g/mol. The first-order chi connectivity index (χ1) is 18.1. The Hall–Kier alpha value is -4.45. The van der Waals surface area contributed by atoms with Gasteiger partial charge in [0.15, 0.2) is 16.5 Å². The van der Waals surface area contributed by atoms with E-state index < -0.39 is 0 Å². The molecule has 37 heavy (non-hydrogen) atoms. The van der Waals surface area contributed by atoms with Gasteiger partial charge in [-0.2, -0.15) is 5.26 Å². The predicted octanol–water partition coefficient (Wildman–Crippen LogP) is 5.65. The Morgan fingerprint density at radius 2 is 1.81 bits per heavy atom. The van der Waals surface area contributed by atoms with Crippen LogP contribution < -0.4 is 15.0 Å². The van der Waals surface area contributed by atoms with Crippen molar-refractivity contribution >= 4 is 38.7 Å². The molecule has 5 rings (SSSR count). The van der Waals surface area contributed by atoms with Crippen LogP contribution in [0.5, 0.6) is 11.5 Å². The SMILES string of the molecule is COCCOc1c(/C=C/c2nc3sc4ccccc4n3c(=O)c2-c2ccc(C#N)cc2)cccc1OC. The van der Waals surface area contributed by atoms with Gasteiger partial charge in [-0.1, -0.05) is 47.7 Å². The van der Waals surface area contributed by atoms with Gasteiger partial charge >= 0.3 is 0 Å². The fraction of sp³-hybridized carbons (Fsp3) is 0.138. The van der Waals surface area contributed by atoms with Crippen molar-refractivity contribution in [3.8, 4) is 28.7 Å². The minimum absolute atomic E-state index is 0.172. The van der Waals surface area contributed by atoms with Crippen LogP contribution in [0, 0.1) is 11.3 Å². The van der Waals surface area contributed by atoms with Gasteiger partial charge in [0.25, 0.3) is 5.56 Å². The predicted molar refractivity (Wildman–Crippen MR) is 146 cm³/mol. The van der Waals surface area contributed by atoms with Gasteiger partial charge in [0.05, 0.1) is 46.8 Å². The van der Waals surface area contributed by atoms with Crippen molar-refractivity contribution < 1.29 is 14.2 Å². The maximum Gasteiger partial charge on any atom is 0.267 e. The zero-order valence-electron chi connectivity index (χ0n) is 20.3. The van der Waals surface area contributed by atoms with Crippen molar-refractivity contribution in [3.63, 3.8) is 0 Å². The molecule has 0 spiro atoms. The summed E-state index contributed by atoms with van der Waals surface area (Å²) in [6.45, 7) is 0.798. The van der Waals surface area contributed by atoms with Crippen molar-refractivity contribution in [1.82, 2.24) is 9.38 Å². The summed E-state index contributed by atoms with van der Waals surface area (Å²) in [5.74, 6) is 1.18. The quantitative estimate of drug-likeness (QED) is 0.251. The molecule has 5 aromatic rings. The van der Waals surface area contributed by atoms with Gasteiger partial charge in [0.2, 0.25) is 0 Å². The van der Waals surface area contributed by atoms with Gasteiger partial charge in [-0.25, -0.2) is 4.98 Å². The highest BCUT2D eigenvalue weighted by molar-refractivity contribution is 7.23. The summed E-state index contributed by atoms with van der Waals surface area (Å²) < 4.78 is 19.2. The number of hydrogen-bond acceptors (Lipinski definition) is 7. The van der Waals surface area contributed by atoms with E-state index in [1.807, 2.05) is 54.6 Å². The van der Waals surface area contributed by atoms with Crippen molar-refractivity contribution in [1.29, 1.82) is 5.26 Å². The van der Waals surface area contributed by atoms with Gasteiger partial charge in [-0.05, 0) is 48.0 Å². The summed E-state index contributed by atoms with van der Waals surface area (Å²) in [5.41, 5.74) is 3.59. The lowest BCUT2D eigenvalue weighted by atomic mass is 10.0. The molecule has 0 fully saturated rings. The number of para-hydroxylation sites is 2. The number of aromatic nitrogens is 2. The van der Waals surface area contributed by atoms with Crippen LogP contribution >= 0.6 is 11.3 Å². The third kappa shape index (κ3) is 4.70. The lowest BCUT2D eigenvalue weighted by Gasteiger charge is -2.13. The average Bonchev–Trinajstić information content (AvgIpc) is 3.31. The molecule has 0 atom stereocenters. The number of fused-ring (bicyclic) bond motifs is 3. The molecular weight excluding hydrogens is 486 g/mol. The van der Waals surface area contributed by atoms with Crippen molar-refractivity contribution in [3.05, 3.63) is 93.9 Å². The van der Waals surface area contributed by atoms with E-state index in [9.17, 15) is 10.1 Å². The fourth-order valence-electron chi connectivity index (χ4n) is 4.10. The Morgan fingerprint density at radius 3 is 2.57 bits per heavy atom. The second-order valence-electron chi connectivity index (χ2n) is 8.11. The Labute approximate surface area is 217 Å². The summed E-state index contributed by atoms with van der Waals surface area (Å²) in [6, 6.07) is 22.4. The highest BCUT2D eigenvalue weighted by Gasteiger charge is 2.17. The van der Waals surface area contributed by atoms with Crippen LogP contribution in [0.25, 0.3) is 38.5 Å². The first-order valence-corrected chi connectivity index (χ1v) is 12.4. The number of methoxy groups -OCH3 is 2. The zero-order chi connectivity index (χ0) is 25.8. The summed E-state index contributed by atoms with van der Waals surface area (Å²) >= 11 is 1.46. The van der Waals surface area contributed by atoms with E-state index in [2.05, 4.69) is 6.07 Å². The number of benzene rings is 3. The first-order valence-electron chi connectivity index (χ1n) is 11.6. The smallest absolute Gasteiger partial charge is 0.267 e. The van der Waals surface area contributed by atoms with E-state index in [0.29, 0.717) is 52.1 Å².